The highest BCUT2D eigenvalue weighted by atomic mass is 16.2. The van der Waals surface area contributed by atoms with Crippen molar-refractivity contribution in [2.45, 2.75) is 12.8 Å². The number of hydrogen-bond acceptors (Lipinski definition) is 3. The number of nitrogens with zero attached hydrogens (tertiary/aromatic N) is 2. The Morgan fingerprint density at radius 2 is 2.00 bits per heavy atom. The van der Waals surface area contributed by atoms with E-state index >= 15 is 0 Å². The van der Waals surface area contributed by atoms with Crippen LogP contribution in [0.15, 0.2) is 0 Å². The molecule has 0 aromatic carbocycles. The normalized spacial score (nSPS) is 19.1. The van der Waals surface area contributed by atoms with E-state index in [1.165, 1.54) is 0 Å². The number of nitrogens with one attached hydrogen (secondary N) is 1. The van der Waals surface area contributed by atoms with E-state index < -0.39 is 0 Å². The molecule has 1 aliphatic rings. The van der Waals surface area contributed by atoms with Crippen LogP contribution in [-0.4, -0.2) is 63.0 Å². The minimum Gasteiger partial charge on any atom is -0.349 e. The van der Waals surface area contributed by atoms with Crippen molar-refractivity contribution in [2.24, 2.45) is 5.92 Å². The zero-order valence-electron chi connectivity index (χ0n) is 10.1. The molecule has 4 heteroatoms. The fraction of sp³-hybridized carbons (Fsp3) is 0.909. The second-order valence-electron chi connectivity index (χ2n) is 4.45. The first-order chi connectivity index (χ1) is 7.15. The molecule has 15 heavy (non-hydrogen) atoms. The van der Waals surface area contributed by atoms with E-state index in [-0.39, 0.29) is 5.92 Å². The number of carbonyl (C=O) groups excluding carboxylic acids is 1. The summed E-state index contributed by atoms with van der Waals surface area (Å²) < 4.78 is 0. The number of likely N-dealkylation sites (N-methyl/N-ethyl adjacent to an activating group) is 1. The molecule has 0 aromatic rings. The predicted octanol–water partition coefficient (Wildman–Crippen LogP) is 0.00600. The van der Waals surface area contributed by atoms with Crippen molar-refractivity contribution in [3.63, 3.8) is 0 Å². The van der Waals surface area contributed by atoms with Crippen molar-refractivity contribution in [3.8, 4) is 0 Å². The highest BCUT2D eigenvalue weighted by Gasteiger charge is 2.25. The third-order valence-electron chi connectivity index (χ3n) is 3.06. The van der Waals surface area contributed by atoms with E-state index in [2.05, 4.69) is 10.2 Å². The van der Waals surface area contributed by atoms with Gasteiger partial charge in [0.1, 0.15) is 0 Å². The van der Waals surface area contributed by atoms with Crippen LogP contribution in [0, 0.1) is 5.92 Å². The highest BCUT2D eigenvalue weighted by molar-refractivity contribution is 5.78. The van der Waals surface area contributed by atoms with Crippen LogP contribution in [0.4, 0.5) is 0 Å². The molecule has 1 saturated heterocycles. The molecule has 1 rings (SSSR count). The third kappa shape index (κ3) is 3.80. The summed E-state index contributed by atoms with van der Waals surface area (Å²) in [5, 5.41) is 3.15. The van der Waals surface area contributed by atoms with Gasteiger partial charge in [-0.25, -0.2) is 0 Å². The second-order valence-corrected chi connectivity index (χ2v) is 4.45. The van der Waals surface area contributed by atoms with Crippen molar-refractivity contribution in [3.05, 3.63) is 0 Å². The van der Waals surface area contributed by atoms with E-state index in [1.54, 1.807) is 4.90 Å². The highest BCUT2D eigenvalue weighted by Crippen LogP contribution is 2.18. The Balaban J connectivity index is 2.26. The van der Waals surface area contributed by atoms with E-state index in [0.29, 0.717) is 5.91 Å². The molecule has 0 radical (unpaired) electrons. The number of rotatable bonds is 4. The van der Waals surface area contributed by atoms with E-state index in [0.717, 1.165) is 39.0 Å². The fourth-order valence-electron chi connectivity index (χ4n) is 2.04. The summed E-state index contributed by atoms with van der Waals surface area (Å²) >= 11 is 0. The third-order valence-corrected chi connectivity index (χ3v) is 3.06. The summed E-state index contributed by atoms with van der Waals surface area (Å²) in [4.78, 5) is 15.9. The van der Waals surface area contributed by atoms with Gasteiger partial charge in [-0.3, -0.25) is 4.79 Å². The number of carbonyl (C=O) groups is 1. The van der Waals surface area contributed by atoms with E-state index in [4.69, 9.17) is 0 Å². The van der Waals surface area contributed by atoms with Gasteiger partial charge in [0.25, 0.3) is 0 Å². The molecule has 0 aromatic heterocycles. The maximum atomic E-state index is 11.7. The Morgan fingerprint density at radius 3 is 2.47 bits per heavy atom. The molecule has 4 nitrogen and oxygen atoms in total. The lowest BCUT2D eigenvalue weighted by molar-refractivity contribution is -0.134. The molecule has 0 bridgehead atoms. The molecule has 0 saturated carbocycles. The first-order valence-electron chi connectivity index (χ1n) is 5.73. The van der Waals surface area contributed by atoms with Crippen LogP contribution in [0.25, 0.3) is 0 Å². The van der Waals surface area contributed by atoms with Crippen molar-refractivity contribution < 1.29 is 4.79 Å². The number of hydrogen-bond donors (Lipinski definition) is 1. The number of amides is 1. The molecule has 0 aliphatic carbocycles. The Morgan fingerprint density at radius 1 is 1.40 bits per heavy atom. The van der Waals surface area contributed by atoms with Gasteiger partial charge in [-0.2, -0.15) is 0 Å². The fourth-order valence-corrected chi connectivity index (χ4v) is 2.04. The Hall–Kier alpha value is -0.610. The summed E-state index contributed by atoms with van der Waals surface area (Å²) in [5.41, 5.74) is 0. The first-order valence-corrected chi connectivity index (χ1v) is 5.73. The molecule has 1 N–H and O–H groups in total. The number of piperidine rings is 1. The predicted molar refractivity (Wildman–Crippen MR) is 61.8 cm³/mol. The summed E-state index contributed by atoms with van der Waals surface area (Å²) in [7, 11) is 5.66. The minimum absolute atomic E-state index is 0.255. The smallest absolute Gasteiger partial charge is 0.225 e. The van der Waals surface area contributed by atoms with Crippen molar-refractivity contribution in [1.82, 2.24) is 15.1 Å². The molecule has 0 spiro atoms. The molecular formula is C11H23N3O. The average Bonchev–Trinajstić information content (AvgIpc) is 2.26. The first kappa shape index (κ1) is 12.5. The second kappa shape index (κ2) is 6.08. The molecule has 1 aliphatic heterocycles. The van der Waals surface area contributed by atoms with Gasteiger partial charge in [-0.05, 0) is 33.0 Å². The van der Waals surface area contributed by atoms with E-state index in [1.807, 2.05) is 21.1 Å². The molecule has 1 amide bonds. The van der Waals surface area contributed by atoms with Gasteiger partial charge in [-0.15, -0.1) is 0 Å². The summed E-state index contributed by atoms with van der Waals surface area (Å²) in [6.45, 7) is 4.25. The van der Waals surface area contributed by atoms with Crippen molar-refractivity contribution in [1.29, 1.82) is 0 Å². The maximum Gasteiger partial charge on any atom is 0.225 e. The van der Waals surface area contributed by atoms with Gasteiger partial charge in [-0.1, -0.05) is 0 Å². The molecule has 0 atom stereocenters. The molecule has 88 valence electrons. The lowest BCUT2D eigenvalue weighted by atomic mass is 9.95. The van der Waals surface area contributed by atoms with Crippen molar-refractivity contribution in [2.75, 3.05) is 47.3 Å². The molecule has 1 heterocycles. The van der Waals surface area contributed by atoms with E-state index in [9.17, 15) is 4.79 Å². The zero-order valence-corrected chi connectivity index (χ0v) is 10.1. The van der Waals surface area contributed by atoms with Crippen molar-refractivity contribution >= 4 is 5.91 Å². The maximum absolute atomic E-state index is 11.7. The Labute approximate surface area is 92.6 Å². The Kier molecular flexibility index (Phi) is 5.05. The van der Waals surface area contributed by atoms with Crippen LogP contribution in [0.5, 0.6) is 0 Å². The minimum atomic E-state index is 0.255. The van der Waals surface area contributed by atoms with Gasteiger partial charge in [0, 0.05) is 33.1 Å². The van der Waals surface area contributed by atoms with Crippen LogP contribution >= 0.6 is 0 Å². The largest absolute Gasteiger partial charge is 0.349 e. The lowest BCUT2D eigenvalue weighted by Crippen LogP contribution is -2.42. The molecular weight excluding hydrogens is 190 g/mol. The summed E-state index contributed by atoms with van der Waals surface area (Å²) in [6, 6.07) is 0. The van der Waals surface area contributed by atoms with Crippen LogP contribution in [0.2, 0.25) is 0 Å². The van der Waals surface area contributed by atoms with Crippen LogP contribution in [0.3, 0.4) is 0 Å². The topological polar surface area (TPSA) is 35.6 Å². The SMILES string of the molecule is CNCCN1CCC(C(=O)N(C)C)CC1. The van der Waals surface area contributed by atoms with Gasteiger partial charge < -0.3 is 15.1 Å². The lowest BCUT2D eigenvalue weighted by Gasteiger charge is -2.32. The molecule has 1 fully saturated rings. The summed E-state index contributed by atoms with van der Waals surface area (Å²) in [5.74, 6) is 0.550. The van der Waals surface area contributed by atoms with Gasteiger partial charge >= 0.3 is 0 Å². The van der Waals surface area contributed by atoms with Gasteiger partial charge in [0.15, 0.2) is 0 Å². The number of likely N-dealkylation sites (tertiary alicyclic amines) is 1. The van der Waals surface area contributed by atoms with Gasteiger partial charge in [0.2, 0.25) is 5.91 Å². The Bertz CT molecular complexity index is 198. The summed E-state index contributed by atoms with van der Waals surface area (Å²) in [6.07, 6.45) is 2.03. The van der Waals surface area contributed by atoms with Crippen LogP contribution in [0.1, 0.15) is 12.8 Å². The quantitative estimate of drug-likeness (QED) is 0.714. The standard InChI is InChI=1S/C11H23N3O/c1-12-6-9-14-7-4-10(5-8-14)11(15)13(2)3/h10,12H,4-9H2,1-3H3. The molecule has 0 unspecified atom stereocenters. The average molecular weight is 213 g/mol. The monoisotopic (exact) mass is 213 g/mol. The van der Waals surface area contributed by atoms with Crippen LogP contribution < -0.4 is 5.32 Å². The van der Waals surface area contributed by atoms with Gasteiger partial charge in [0.05, 0.1) is 0 Å². The van der Waals surface area contributed by atoms with Crippen LogP contribution in [-0.2, 0) is 4.79 Å². The zero-order chi connectivity index (χ0) is 11.3.